The van der Waals surface area contributed by atoms with Gasteiger partial charge >= 0.3 is 0 Å². The van der Waals surface area contributed by atoms with Gasteiger partial charge in [-0.25, -0.2) is 0 Å². The van der Waals surface area contributed by atoms with E-state index in [2.05, 4.69) is 66.1 Å². The van der Waals surface area contributed by atoms with Gasteiger partial charge in [-0.1, -0.05) is 42.5 Å². The van der Waals surface area contributed by atoms with Gasteiger partial charge in [0.2, 0.25) is 0 Å². The smallest absolute Gasteiger partial charge is 0.0776 e. The molecule has 0 radical (unpaired) electrons. The van der Waals surface area contributed by atoms with Crippen LogP contribution in [0, 0.1) is 6.92 Å². The molecule has 0 bridgehead atoms. The Morgan fingerprint density at radius 3 is 2.71 bits per heavy atom. The Labute approximate surface area is 142 Å². The fourth-order valence-corrected chi connectivity index (χ4v) is 2.90. The van der Waals surface area contributed by atoms with Gasteiger partial charge in [0.15, 0.2) is 0 Å². The Balaban J connectivity index is 2.23. The molecule has 120 valence electrons. The molecule has 0 aliphatic rings. The molecule has 0 spiro atoms. The second-order valence-electron chi connectivity index (χ2n) is 5.76. The molecule has 0 aliphatic heterocycles. The van der Waals surface area contributed by atoms with Crippen molar-refractivity contribution in [1.82, 2.24) is 9.78 Å². The average Bonchev–Trinajstić information content (AvgIpc) is 2.95. The molecule has 0 atom stereocenters. The summed E-state index contributed by atoms with van der Waals surface area (Å²) < 4.78 is 1.88. The molecule has 0 amide bonds. The lowest BCUT2D eigenvalue weighted by Crippen LogP contribution is -1.91. The van der Waals surface area contributed by atoms with Gasteiger partial charge in [-0.3, -0.25) is 9.67 Å². The standard InChI is InChI=1S/C21H21N3/c1-5-19(16-10-11-20-18(13-16)14-23-24(20)4)21(22-6-2)17-9-7-8-15(3)12-17/h5-14H,1H2,2-4H3/b21-19+,22-6?. The van der Waals surface area contributed by atoms with E-state index in [0.717, 1.165) is 33.3 Å². The maximum atomic E-state index is 4.63. The second-order valence-corrected chi connectivity index (χ2v) is 5.76. The van der Waals surface area contributed by atoms with Gasteiger partial charge in [0.1, 0.15) is 0 Å². The lowest BCUT2D eigenvalue weighted by atomic mass is 9.98. The molecule has 0 unspecified atom stereocenters. The number of rotatable bonds is 4. The molecule has 3 nitrogen and oxygen atoms in total. The van der Waals surface area contributed by atoms with Crippen molar-refractivity contribution >= 4 is 28.4 Å². The molecule has 2 aromatic carbocycles. The van der Waals surface area contributed by atoms with E-state index in [9.17, 15) is 0 Å². The van der Waals surface area contributed by atoms with Crippen molar-refractivity contribution in [3.05, 3.63) is 78.0 Å². The van der Waals surface area contributed by atoms with Gasteiger partial charge in [0, 0.05) is 29.8 Å². The zero-order chi connectivity index (χ0) is 17.1. The molecule has 3 heteroatoms. The Bertz CT molecular complexity index is 958. The monoisotopic (exact) mass is 315 g/mol. The third-order valence-corrected chi connectivity index (χ3v) is 4.07. The van der Waals surface area contributed by atoms with Crippen LogP contribution in [-0.2, 0) is 7.05 Å². The molecule has 0 saturated heterocycles. The number of allylic oxidation sites excluding steroid dienone is 2. The van der Waals surface area contributed by atoms with Crippen LogP contribution < -0.4 is 0 Å². The number of fused-ring (bicyclic) bond motifs is 1. The van der Waals surface area contributed by atoms with E-state index in [4.69, 9.17) is 0 Å². The van der Waals surface area contributed by atoms with Crippen LogP contribution >= 0.6 is 0 Å². The average molecular weight is 315 g/mol. The number of benzene rings is 2. The molecule has 0 N–H and O–H groups in total. The van der Waals surface area contributed by atoms with Crippen molar-refractivity contribution in [2.24, 2.45) is 12.0 Å². The summed E-state index contributed by atoms with van der Waals surface area (Å²) >= 11 is 0. The van der Waals surface area contributed by atoms with Gasteiger partial charge in [-0.2, -0.15) is 5.10 Å². The molecule has 3 aromatic rings. The zero-order valence-corrected chi connectivity index (χ0v) is 14.3. The van der Waals surface area contributed by atoms with Crippen LogP contribution in [0.5, 0.6) is 0 Å². The lowest BCUT2D eigenvalue weighted by Gasteiger charge is -2.11. The Morgan fingerprint density at radius 1 is 1.17 bits per heavy atom. The number of nitrogens with zero attached hydrogens (tertiary/aromatic N) is 3. The van der Waals surface area contributed by atoms with Crippen molar-refractivity contribution in [1.29, 1.82) is 0 Å². The van der Waals surface area contributed by atoms with Crippen LogP contribution in [0.15, 0.2) is 66.3 Å². The minimum absolute atomic E-state index is 0.930. The van der Waals surface area contributed by atoms with E-state index < -0.39 is 0 Å². The topological polar surface area (TPSA) is 30.2 Å². The quantitative estimate of drug-likeness (QED) is 0.377. The van der Waals surface area contributed by atoms with Crippen LogP contribution in [0.2, 0.25) is 0 Å². The van der Waals surface area contributed by atoms with E-state index in [1.807, 2.05) is 37.1 Å². The first-order valence-corrected chi connectivity index (χ1v) is 7.98. The summed E-state index contributed by atoms with van der Waals surface area (Å²) in [5, 5.41) is 5.43. The van der Waals surface area contributed by atoms with Crippen LogP contribution in [0.25, 0.3) is 22.2 Å². The van der Waals surface area contributed by atoms with Gasteiger partial charge in [0.25, 0.3) is 0 Å². The first-order chi connectivity index (χ1) is 11.6. The summed E-state index contributed by atoms with van der Waals surface area (Å²) in [5.41, 5.74) is 6.45. The highest BCUT2D eigenvalue weighted by molar-refractivity contribution is 5.98. The number of aromatic nitrogens is 2. The lowest BCUT2D eigenvalue weighted by molar-refractivity contribution is 0.797. The highest BCUT2D eigenvalue weighted by Gasteiger charge is 2.10. The van der Waals surface area contributed by atoms with Crippen LogP contribution in [0.4, 0.5) is 0 Å². The first-order valence-electron chi connectivity index (χ1n) is 7.98. The van der Waals surface area contributed by atoms with E-state index >= 15 is 0 Å². The summed E-state index contributed by atoms with van der Waals surface area (Å²) in [6.45, 7) is 8.04. The van der Waals surface area contributed by atoms with Crippen molar-refractivity contribution in [2.75, 3.05) is 0 Å². The third-order valence-electron chi connectivity index (χ3n) is 4.07. The van der Waals surface area contributed by atoms with Gasteiger partial charge in [0.05, 0.1) is 17.4 Å². The minimum Gasteiger partial charge on any atom is -0.268 e. The summed E-state index contributed by atoms with van der Waals surface area (Å²) in [5.74, 6) is 0. The normalized spacial score (nSPS) is 12.6. The molecule has 0 fully saturated rings. The van der Waals surface area contributed by atoms with E-state index in [0.29, 0.717) is 0 Å². The summed E-state index contributed by atoms with van der Waals surface area (Å²) in [4.78, 5) is 4.63. The molecule has 0 saturated carbocycles. The van der Waals surface area contributed by atoms with Crippen molar-refractivity contribution in [2.45, 2.75) is 13.8 Å². The zero-order valence-electron chi connectivity index (χ0n) is 14.3. The van der Waals surface area contributed by atoms with Gasteiger partial charge in [-0.15, -0.1) is 0 Å². The number of aryl methyl sites for hydroxylation is 2. The maximum absolute atomic E-state index is 4.63. The highest BCUT2D eigenvalue weighted by Crippen LogP contribution is 2.30. The van der Waals surface area contributed by atoms with Gasteiger partial charge in [-0.05, 0) is 37.6 Å². The van der Waals surface area contributed by atoms with Crippen LogP contribution in [0.3, 0.4) is 0 Å². The molecule has 1 heterocycles. The summed E-state index contributed by atoms with van der Waals surface area (Å²) in [7, 11) is 1.95. The number of hydrogen-bond donors (Lipinski definition) is 0. The molecular weight excluding hydrogens is 294 g/mol. The fourth-order valence-electron chi connectivity index (χ4n) is 2.90. The molecule has 0 aliphatic carbocycles. The fraction of sp³-hybridized carbons (Fsp3) is 0.143. The molecule has 3 rings (SSSR count). The third kappa shape index (κ3) is 2.93. The Morgan fingerprint density at radius 2 is 2.00 bits per heavy atom. The minimum atomic E-state index is 0.930. The van der Waals surface area contributed by atoms with Crippen molar-refractivity contribution in [3.8, 4) is 0 Å². The molecule has 24 heavy (non-hydrogen) atoms. The van der Waals surface area contributed by atoms with Crippen LogP contribution in [0.1, 0.15) is 23.6 Å². The Hall–Kier alpha value is -2.94. The first kappa shape index (κ1) is 15.9. The maximum Gasteiger partial charge on any atom is 0.0776 e. The molecular formula is C21H21N3. The van der Waals surface area contributed by atoms with E-state index in [-0.39, 0.29) is 0 Å². The van der Waals surface area contributed by atoms with Gasteiger partial charge < -0.3 is 0 Å². The largest absolute Gasteiger partial charge is 0.268 e. The van der Waals surface area contributed by atoms with Crippen molar-refractivity contribution in [3.63, 3.8) is 0 Å². The van der Waals surface area contributed by atoms with E-state index in [1.165, 1.54) is 5.56 Å². The van der Waals surface area contributed by atoms with Crippen molar-refractivity contribution < 1.29 is 0 Å². The summed E-state index contributed by atoms with van der Waals surface area (Å²) in [6.07, 6.45) is 5.58. The number of aliphatic imine (C=N–C) groups is 1. The number of hydrogen-bond acceptors (Lipinski definition) is 2. The SMILES string of the molecule is C=C/C(=C(\N=CC)c1cccc(C)c1)c1ccc2c(cnn2C)c1. The van der Waals surface area contributed by atoms with Crippen LogP contribution in [-0.4, -0.2) is 16.0 Å². The molecule has 1 aromatic heterocycles. The Kier molecular flexibility index (Phi) is 4.43. The second kappa shape index (κ2) is 6.67. The highest BCUT2D eigenvalue weighted by atomic mass is 15.2. The summed E-state index contributed by atoms with van der Waals surface area (Å²) in [6, 6.07) is 14.7. The predicted octanol–water partition coefficient (Wildman–Crippen LogP) is 5.03. The predicted molar refractivity (Wildman–Crippen MR) is 103 cm³/mol. The van der Waals surface area contributed by atoms with E-state index in [1.54, 1.807) is 0 Å².